The largest absolute Gasteiger partial charge is 0.639 e. The Morgan fingerprint density at radius 2 is 0.864 bits per heavy atom. The normalized spacial score (nSPS) is 16.8. The third-order valence-electron chi connectivity index (χ3n) is 9.93. The minimum atomic E-state index is -4.03. The molecule has 0 saturated carbocycles. The van der Waals surface area contributed by atoms with E-state index in [0.29, 0.717) is 38.8 Å². The van der Waals surface area contributed by atoms with Crippen LogP contribution in [0.3, 0.4) is 0 Å². The van der Waals surface area contributed by atoms with Gasteiger partial charge in [-0.05, 0) is 59.8 Å². The van der Waals surface area contributed by atoms with Crippen molar-refractivity contribution in [3.05, 3.63) is 12.2 Å². The number of hydrogen-bond donors (Lipinski definition) is 0. The minimum absolute atomic E-state index is 0.00788. The minimum Gasteiger partial charge on any atom is -0.491 e. The van der Waals surface area contributed by atoms with E-state index in [1.807, 2.05) is 0 Å². The molecule has 2 atom stereocenters. The van der Waals surface area contributed by atoms with Crippen LogP contribution < -0.4 is 0 Å². The molecular formula is C33H74O6Si5. The van der Waals surface area contributed by atoms with Gasteiger partial charge in [-0.2, -0.15) is 0 Å². The highest BCUT2D eigenvalue weighted by molar-refractivity contribution is 6.94. The maximum absolute atomic E-state index is 13.5. The summed E-state index contributed by atoms with van der Waals surface area (Å²) in [6, 6.07) is 0. The van der Waals surface area contributed by atoms with Crippen LogP contribution in [0.5, 0.6) is 0 Å². The molecule has 0 saturated heterocycles. The molecule has 0 fully saturated rings. The van der Waals surface area contributed by atoms with Crippen molar-refractivity contribution in [2.75, 3.05) is 0 Å². The lowest BCUT2D eigenvalue weighted by atomic mass is 10.3. The van der Waals surface area contributed by atoms with Crippen LogP contribution in [0.15, 0.2) is 12.2 Å². The molecule has 0 bridgehead atoms. The van der Waals surface area contributed by atoms with Gasteiger partial charge in [0.2, 0.25) is 0 Å². The van der Waals surface area contributed by atoms with Crippen LogP contribution in [0.2, 0.25) is 64.0 Å². The molecule has 0 aliphatic carbocycles. The molecule has 0 aliphatic rings. The summed E-state index contributed by atoms with van der Waals surface area (Å²) in [5.74, 6) is -0.395. The van der Waals surface area contributed by atoms with Gasteiger partial charge in [0.15, 0.2) is 25.0 Å². The molecule has 0 aromatic heterocycles. The van der Waals surface area contributed by atoms with Gasteiger partial charge in [0.05, 0.1) is 0 Å². The summed E-state index contributed by atoms with van der Waals surface area (Å²) < 4.78 is 37.6. The molecule has 0 radical (unpaired) electrons. The standard InChI is InChI=1S/C33H74O6Si5/c1-22-31(17)43(32(18)23-2,35-33(34)24(3)4)39-44(36-40(19,20)21,37-41(25(5)6,26(7)8)27(9)10)38-42(28(11)12,29(13)14)30(15)16/h25-32H,3,22-23H2,1-2,4-21H3. The van der Waals surface area contributed by atoms with Crippen molar-refractivity contribution in [1.29, 1.82) is 0 Å². The first kappa shape index (κ1) is 44.1. The molecule has 11 heteroatoms. The summed E-state index contributed by atoms with van der Waals surface area (Å²) in [7, 11) is -15.1. The van der Waals surface area contributed by atoms with Crippen molar-refractivity contribution in [3.8, 4) is 0 Å². The lowest BCUT2D eigenvalue weighted by molar-refractivity contribution is -0.132. The van der Waals surface area contributed by atoms with E-state index in [4.69, 9.17) is 20.9 Å². The van der Waals surface area contributed by atoms with Crippen LogP contribution in [-0.4, -0.2) is 48.5 Å². The van der Waals surface area contributed by atoms with Gasteiger partial charge >= 0.3 is 23.6 Å². The van der Waals surface area contributed by atoms with E-state index in [1.165, 1.54) is 0 Å². The summed E-state index contributed by atoms with van der Waals surface area (Å²) >= 11 is 0. The van der Waals surface area contributed by atoms with Crippen LogP contribution >= 0.6 is 0 Å². The molecule has 0 aromatic carbocycles. The fraction of sp³-hybridized carbons (Fsp3) is 0.909. The third kappa shape index (κ3) is 9.84. The Labute approximate surface area is 279 Å². The Bertz CT molecular complexity index is 825. The maximum Gasteiger partial charge on any atom is 0.639 e. The summed E-state index contributed by atoms with van der Waals surface area (Å²) in [5, 5.41) is 0. The van der Waals surface area contributed by atoms with E-state index < -0.39 is 48.5 Å². The molecule has 0 amide bonds. The topological polar surface area (TPSA) is 63.2 Å². The van der Waals surface area contributed by atoms with Crippen molar-refractivity contribution in [2.45, 2.75) is 195 Å². The van der Waals surface area contributed by atoms with Gasteiger partial charge in [-0.25, -0.2) is 4.79 Å². The van der Waals surface area contributed by atoms with Crippen molar-refractivity contribution in [1.82, 2.24) is 0 Å². The Hall–Kier alpha value is 0.134. The van der Waals surface area contributed by atoms with Gasteiger partial charge in [0.1, 0.15) is 0 Å². The lowest BCUT2D eigenvalue weighted by Crippen LogP contribution is -2.72. The first-order chi connectivity index (χ1) is 19.8. The molecule has 0 aromatic rings. The van der Waals surface area contributed by atoms with Gasteiger partial charge in [0.25, 0.3) is 0 Å². The number of carbonyl (C=O) groups is 1. The van der Waals surface area contributed by atoms with Crippen molar-refractivity contribution in [2.24, 2.45) is 0 Å². The summed E-state index contributed by atoms with van der Waals surface area (Å²) in [4.78, 5) is 13.5. The zero-order valence-electron chi connectivity index (χ0n) is 32.7. The molecule has 2 unspecified atom stereocenters. The van der Waals surface area contributed by atoms with Crippen LogP contribution in [0.4, 0.5) is 0 Å². The Kier molecular flexibility index (Phi) is 17.0. The quantitative estimate of drug-likeness (QED) is 0.0927. The number of rotatable bonds is 20. The Morgan fingerprint density at radius 1 is 0.568 bits per heavy atom. The van der Waals surface area contributed by atoms with Gasteiger partial charge in [0, 0.05) is 16.7 Å². The van der Waals surface area contributed by atoms with Crippen LogP contribution in [0, 0.1) is 0 Å². The molecule has 262 valence electrons. The lowest BCUT2D eigenvalue weighted by Gasteiger charge is -2.55. The van der Waals surface area contributed by atoms with Crippen LogP contribution in [0.1, 0.15) is 131 Å². The smallest absolute Gasteiger partial charge is 0.491 e. The summed E-state index contributed by atoms with van der Waals surface area (Å²) in [6.45, 7) is 48.5. The van der Waals surface area contributed by atoms with E-state index in [0.717, 1.165) is 12.8 Å². The maximum atomic E-state index is 13.5. The summed E-state index contributed by atoms with van der Waals surface area (Å²) in [6.07, 6.45) is 1.61. The molecule has 0 spiro atoms. The van der Waals surface area contributed by atoms with E-state index in [-0.39, 0.29) is 11.1 Å². The third-order valence-corrected chi connectivity index (χ3v) is 35.4. The first-order valence-electron chi connectivity index (χ1n) is 17.5. The Balaban J connectivity index is 8.44. The van der Waals surface area contributed by atoms with Gasteiger partial charge in [-0.3, -0.25) is 0 Å². The SMILES string of the molecule is C=C(C)C(=O)O[Si](O[Si](O[Si](C)(C)C)(O[Si](C(C)C)(C(C)C)C(C)C)O[Si](C(C)C)(C(C)C)C(C)C)(C(C)CC)C(C)CC. The van der Waals surface area contributed by atoms with Crippen LogP contribution in [0.25, 0.3) is 0 Å². The average molecular weight is 707 g/mol. The average Bonchev–Trinajstić information content (AvgIpc) is 2.86. The fourth-order valence-electron chi connectivity index (χ4n) is 7.55. The zero-order chi connectivity index (χ0) is 35.2. The van der Waals surface area contributed by atoms with Crippen molar-refractivity contribution < 1.29 is 25.7 Å². The highest BCUT2D eigenvalue weighted by Crippen LogP contribution is 2.51. The highest BCUT2D eigenvalue weighted by Gasteiger charge is 2.68. The van der Waals surface area contributed by atoms with E-state index >= 15 is 0 Å². The van der Waals surface area contributed by atoms with Crippen molar-refractivity contribution >= 4 is 48.5 Å². The number of hydrogen-bond acceptors (Lipinski definition) is 6. The van der Waals surface area contributed by atoms with E-state index in [9.17, 15) is 4.79 Å². The monoisotopic (exact) mass is 706 g/mol. The molecule has 0 aliphatic heterocycles. The molecule has 0 N–H and O–H groups in total. The first-order valence-corrected chi connectivity index (χ1v) is 28.8. The van der Waals surface area contributed by atoms with Gasteiger partial charge in [-0.15, -0.1) is 0 Å². The van der Waals surface area contributed by atoms with E-state index in [1.54, 1.807) is 6.92 Å². The zero-order valence-corrected chi connectivity index (χ0v) is 37.7. The fourth-order valence-corrected chi connectivity index (χ4v) is 37.2. The second-order valence-electron chi connectivity index (χ2n) is 16.2. The van der Waals surface area contributed by atoms with E-state index in [2.05, 4.69) is 137 Å². The predicted octanol–water partition coefficient (Wildman–Crippen LogP) is 11.8. The second-order valence-corrected chi connectivity index (χ2v) is 38.6. The van der Waals surface area contributed by atoms with Gasteiger partial charge in [-0.1, -0.05) is 130 Å². The molecule has 0 rings (SSSR count). The molecule has 6 nitrogen and oxygen atoms in total. The molecule has 0 heterocycles. The molecule has 44 heavy (non-hydrogen) atoms. The Morgan fingerprint density at radius 3 is 1.07 bits per heavy atom. The van der Waals surface area contributed by atoms with Crippen molar-refractivity contribution in [3.63, 3.8) is 0 Å². The number of carbonyl (C=O) groups excluding carboxylic acids is 1. The molecular weight excluding hydrogens is 633 g/mol. The van der Waals surface area contributed by atoms with Crippen LogP contribution in [-0.2, 0) is 25.7 Å². The summed E-state index contributed by atoms with van der Waals surface area (Å²) in [5.41, 5.74) is 2.12. The highest BCUT2D eigenvalue weighted by atomic mass is 28.5. The predicted molar refractivity (Wildman–Crippen MR) is 202 cm³/mol. The second kappa shape index (κ2) is 17.0. The van der Waals surface area contributed by atoms with Gasteiger partial charge < -0.3 is 20.9 Å².